The largest absolute Gasteiger partial charge is 0.446 e. The van der Waals surface area contributed by atoms with Crippen LogP contribution < -0.4 is 0 Å². The highest BCUT2D eigenvalue weighted by Crippen LogP contribution is 2.36. The van der Waals surface area contributed by atoms with E-state index >= 15 is 0 Å². The Hall–Kier alpha value is -1.42. The van der Waals surface area contributed by atoms with Crippen molar-refractivity contribution >= 4 is 34.9 Å². The van der Waals surface area contributed by atoms with E-state index in [4.69, 9.17) is 0 Å². The number of hydrogen-bond acceptors (Lipinski definition) is 4. The molecule has 0 saturated heterocycles. The molecular weight excluding hydrogens is 398 g/mol. The smallest absolute Gasteiger partial charge is 0.253 e. The fraction of sp³-hybridized carbons (Fsp3) is 0.375. The molecule has 0 aliphatic heterocycles. The number of aliphatic imine (C=N–C) groups is 1. The van der Waals surface area contributed by atoms with Gasteiger partial charge in [0, 0.05) is 16.8 Å². The molecular formula is C16H16F6N2S2. The van der Waals surface area contributed by atoms with Gasteiger partial charge in [0.15, 0.2) is 0 Å². The Kier molecular flexibility index (Phi) is 7.82. The average Bonchev–Trinajstić information content (AvgIpc) is 2.43. The van der Waals surface area contributed by atoms with Crippen molar-refractivity contribution in [3.8, 4) is 0 Å². The molecule has 0 amide bonds. The SMILES string of the molecule is C=C(N=C(C)/C=C(\C)SC(F)(F)F)c1ncc(C(F)(F)F)cc1SCC. The molecule has 1 rings (SSSR count). The number of halogens is 6. The van der Waals surface area contributed by atoms with Crippen molar-refractivity contribution in [1.82, 2.24) is 4.98 Å². The summed E-state index contributed by atoms with van der Waals surface area (Å²) >= 11 is 0.878. The molecule has 0 spiro atoms. The summed E-state index contributed by atoms with van der Waals surface area (Å²) in [5, 5.41) is 0. The Morgan fingerprint density at radius 1 is 1.23 bits per heavy atom. The molecule has 10 heteroatoms. The molecule has 0 saturated carbocycles. The Morgan fingerprint density at radius 3 is 2.35 bits per heavy atom. The van der Waals surface area contributed by atoms with Gasteiger partial charge in [-0.2, -0.15) is 26.3 Å². The minimum absolute atomic E-state index is 0.0184. The van der Waals surface area contributed by atoms with Gasteiger partial charge < -0.3 is 0 Å². The lowest BCUT2D eigenvalue weighted by atomic mass is 10.2. The van der Waals surface area contributed by atoms with E-state index in [1.807, 2.05) is 0 Å². The highest BCUT2D eigenvalue weighted by molar-refractivity contribution is 8.03. The summed E-state index contributed by atoms with van der Waals surface area (Å²) in [6.07, 6.45) is -2.62. The van der Waals surface area contributed by atoms with Crippen LogP contribution in [0, 0.1) is 0 Å². The number of nitrogens with zero attached hydrogens (tertiary/aromatic N) is 2. The quantitative estimate of drug-likeness (QED) is 0.291. The third-order valence-corrected chi connectivity index (χ3v) is 4.34. The van der Waals surface area contributed by atoms with Crippen LogP contribution in [0.15, 0.2) is 39.7 Å². The van der Waals surface area contributed by atoms with Crippen LogP contribution in [0.4, 0.5) is 26.3 Å². The molecule has 1 aromatic rings. The molecule has 2 nitrogen and oxygen atoms in total. The van der Waals surface area contributed by atoms with Crippen LogP contribution in [-0.2, 0) is 6.18 Å². The Balaban J connectivity index is 3.14. The van der Waals surface area contributed by atoms with Gasteiger partial charge in [-0.05, 0) is 48.4 Å². The fourth-order valence-corrected chi connectivity index (χ4v) is 3.31. The second-order valence-corrected chi connectivity index (χ2v) is 7.62. The van der Waals surface area contributed by atoms with Crippen LogP contribution in [-0.4, -0.2) is 22.0 Å². The highest BCUT2D eigenvalue weighted by Gasteiger charge is 2.32. The predicted molar refractivity (Wildman–Crippen MR) is 95.2 cm³/mol. The Labute approximate surface area is 155 Å². The van der Waals surface area contributed by atoms with E-state index in [1.165, 1.54) is 19.9 Å². The second kappa shape index (κ2) is 8.98. The molecule has 0 bridgehead atoms. The van der Waals surface area contributed by atoms with Crippen molar-refractivity contribution < 1.29 is 26.3 Å². The Bertz CT molecular complexity index is 720. The van der Waals surface area contributed by atoms with Crippen molar-refractivity contribution in [2.24, 2.45) is 4.99 Å². The summed E-state index contributed by atoms with van der Waals surface area (Å²) in [5.41, 5.74) is -4.81. The van der Waals surface area contributed by atoms with Crippen LogP contribution >= 0.6 is 23.5 Å². The highest BCUT2D eigenvalue weighted by atomic mass is 32.2. The summed E-state index contributed by atoms with van der Waals surface area (Å²) in [4.78, 5) is 8.10. The fourth-order valence-electron chi connectivity index (χ4n) is 1.89. The monoisotopic (exact) mass is 414 g/mol. The van der Waals surface area contributed by atoms with Crippen molar-refractivity contribution in [2.45, 2.75) is 37.4 Å². The number of allylic oxidation sites excluding steroid dienone is 2. The second-order valence-electron chi connectivity index (χ2n) is 5.00. The predicted octanol–water partition coefficient (Wildman–Crippen LogP) is 6.80. The van der Waals surface area contributed by atoms with Crippen LogP contribution in [0.25, 0.3) is 5.70 Å². The van der Waals surface area contributed by atoms with E-state index < -0.39 is 17.2 Å². The van der Waals surface area contributed by atoms with Gasteiger partial charge in [0.25, 0.3) is 0 Å². The van der Waals surface area contributed by atoms with E-state index in [-0.39, 0.29) is 38.7 Å². The molecule has 0 fully saturated rings. The van der Waals surface area contributed by atoms with E-state index in [0.29, 0.717) is 11.9 Å². The molecule has 0 aliphatic rings. The zero-order valence-electron chi connectivity index (χ0n) is 14.1. The van der Waals surface area contributed by atoms with E-state index in [0.717, 1.165) is 17.8 Å². The van der Waals surface area contributed by atoms with Crippen LogP contribution in [0.1, 0.15) is 32.0 Å². The minimum atomic E-state index is -4.52. The van der Waals surface area contributed by atoms with Crippen LogP contribution in [0.3, 0.4) is 0 Å². The molecule has 0 radical (unpaired) electrons. The Morgan fingerprint density at radius 2 is 1.85 bits per heavy atom. The molecule has 0 aliphatic carbocycles. The third-order valence-electron chi connectivity index (χ3n) is 2.75. The van der Waals surface area contributed by atoms with Gasteiger partial charge in [-0.1, -0.05) is 13.5 Å². The van der Waals surface area contributed by atoms with Gasteiger partial charge in [-0.3, -0.25) is 9.98 Å². The summed E-state index contributed by atoms with van der Waals surface area (Å²) in [7, 11) is 0. The summed E-state index contributed by atoms with van der Waals surface area (Å²) in [6.45, 7) is 8.21. The third kappa shape index (κ3) is 7.45. The van der Waals surface area contributed by atoms with Crippen molar-refractivity contribution in [2.75, 3.05) is 5.75 Å². The van der Waals surface area contributed by atoms with Crippen molar-refractivity contribution in [1.29, 1.82) is 0 Å². The zero-order valence-corrected chi connectivity index (χ0v) is 15.8. The molecule has 1 aromatic heterocycles. The zero-order chi connectivity index (χ0) is 20.1. The molecule has 0 unspecified atom stereocenters. The van der Waals surface area contributed by atoms with Gasteiger partial charge in [-0.15, -0.1) is 11.8 Å². The maximum Gasteiger partial charge on any atom is 0.446 e. The standard InChI is InChI=1S/C16H16F6N2S2/c1-5-25-13-7-12(15(17,18)19)8-23-14(13)11(4)24-9(2)6-10(3)26-16(20,21)22/h6-8H,4-5H2,1-3H3/b10-6+,24-9?. The molecule has 144 valence electrons. The molecule has 0 atom stereocenters. The first-order chi connectivity index (χ1) is 11.8. The molecule has 1 heterocycles. The topological polar surface area (TPSA) is 25.2 Å². The molecule has 0 aromatic carbocycles. The normalized spacial score (nSPS) is 13.9. The first kappa shape index (κ1) is 22.6. The minimum Gasteiger partial charge on any atom is -0.253 e. The number of rotatable bonds is 6. The first-order valence-corrected chi connectivity index (χ1v) is 9.02. The number of aromatic nitrogens is 1. The number of pyridine rings is 1. The van der Waals surface area contributed by atoms with Crippen LogP contribution in [0.2, 0.25) is 0 Å². The molecule has 26 heavy (non-hydrogen) atoms. The van der Waals surface area contributed by atoms with Crippen molar-refractivity contribution in [3.63, 3.8) is 0 Å². The van der Waals surface area contributed by atoms with Gasteiger partial charge in [0.2, 0.25) is 0 Å². The van der Waals surface area contributed by atoms with E-state index in [9.17, 15) is 26.3 Å². The van der Waals surface area contributed by atoms with Gasteiger partial charge in [0.1, 0.15) is 5.69 Å². The summed E-state index contributed by atoms with van der Waals surface area (Å²) in [6, 6.07) is 0.965. The summed E-state index contributed by atoms with van der Waals surface area (Å²) < 4.78 is 75.4. The van der Waals surface area contributed by atoms with Crippen molar-refractivity contribution in [3.05, 3.63) is 41.1 Å². The van der Waals surface area contributed by atoms with E-state index in [1.54, 1.807) is 6.92 Å². The number of hydrogen-bond donors (Lipinski definition) is 0. The average molecular weight is 414 g/mol. The lowest BCUT2D eigenvalue weighted by Gasteiger charge is -2.12. The van der Waals surface area contributed by atoms with Gasteiger partial charge in [0.05, 0.1) is 11.3 Å². The van der Waals surface area contributed by atoms with E-state index in [2.05, 4.69) is 16.6 Å². The van der Waals surface area contributed by atoms with Gasteiger partial charge in [-0.25, -0.2) is 0 Å². The lowest BCUT2D eigenvalue weighted by molar-refractivity contribution is -0.138. The summed E-state index contributed by atoms with van der Waals surface area (Å²) in [5.74, 6) is 0.507. The number of thioether (sulfide) groups is 2. The van der Waals surface area contributed by atoms with Gasteiger partial charge >= 0.3 is 11.7 Å². The lowest BCUT2D eigenvalue weighted by Crippen LogP contribution is -2.07. The molecule has 0 N–H and O–H groups in total. The maximum atomic E-state index is 12.8. The van der Waals surface area contributed by atoms with Crippen LogP contribution in [0.5, 0.6) is 0 Å². The first-order valence-electron chi connectivity index (χ1n) is 7.22. The maximum absolute atomic E-state index is 12.8. The number of alkyl halides is 6.